The zero-order valence-corrected chi connectivity index (χ0v) is 9.20. The topological polar surface area (TPSA) is 58.6 Å². The van der Waals surface area contributed by atoms with E-state index in [9.17, 15) is 9.90 Å². The normalized spacial score (nSPS) is 8.88. The zero-order chi connectivity index (χ0) is 12.0. The van der Waals surface area contributed by atoms with Gasteiger partial charge < -0.3 is 15.2 Å². The van der Waals surface area contributed by atoms with Crippen LogP contribution in [0.1, 0.15) is 12.5 Å². The SMILES string of the molecule is COc1ccc(C#CCNC(C)=O)c(O)c1. The number of hydrogen-bond donors (Lipinski definition) is 2. The number of ether oxygens (including phenoxy) is 1. The van der Waals surface area contributed by atoms with Crippen LogP contribution in [-0.2, 0) is 4.79 Å². The fourth-order valence-electron chi connectivity index (χ4n) is 1.05. The van der Waals surface area contributed by atoms with Gasteiger partial charge in [0.2, 0.25) is 5.91 Å². The van der Waals surface area contributed by atoms with E-state index in [2.05, 4.69) is 17.2 Å². The summed E-state index contributed by atoms with van der Waals surface area (Å²) in [6.07, 6.45) is 0. The molecule has 0 aliphatic rings. The van der Waals surface area contributed by atoms with Crippen LogP contribution >= 0.6 is 0 Å². The molecule has 0 atom stereocenters. The molecule has 1 aromatic rings. The Morgan fingerprint density at radius 2 is 2.31 bits per heavy atom. The summed E-state index contributed by atoms with van der Waals surface area (Å²) in [4.78, 5) is 10.6. The van der Waals surface area contributed by atoms with Gasteiger partial charge in [0.15, 0.2) is 0 Å². The van der Waals surface area contributed by atoms with E-state index in [-0.39, 0.29) is 18.2 Å². The van der Waals surface area contributed by atoms with Gasteiger partial charge in [0, 0.05) is 13.0 Å². The van der Waals surface area contributed by atoms with Gasteiger partial charge >= 0.3 is 0 Å². The van der Waals surface area contributed by atoms with Crippen LogP contribution in [0.5, 0.6) is 11.5 Å². The third kappa shape index (κ3) is 3.54. The minimum Gasteiger partial charge on any atom is -0.507 e. The standard InChI is InChI=1S/C12H13NO3/c1-9(14)13-7-3-4-10-5-6-11(16-2)8-12(10)15/h5-6,8,15H,7H2,1-2H3,(H,13,14). The number of methoxy groups -OCH3 is 1. The highest BCUT2D eigenvalue weighted by Crippen LogP contribution is 2.22. The molecule has 4 heteroatoms. The number of hydrogen-bond acceptors (Lipinski definition) is 3. The minimum atomic E-state index is -0.131. The smallest absolute Gasteiger partial charge is 0.217 e. The quantitative estimate of drug-likeness (QED) is 0.726. The van der Waals surface area contributed by atoms with Crippen LogP contribution in [0, 0.1) is 11.8 Å². The number of nitrogens with one attached hydrogen (secondary N) is 1. The van der Waals surface area contributed by atoms with E-state index in [0.29, 0.717) is 11.3 Å². The fraction of sp³-hybridized carbons (Fsp3) is 0.250. The van der Waals surface area contributed by atoms with Crippen molar-refractivity contribution in [3.05, 3.63) is 23.8 Å². The van der Waals surface area contributed by atoms with Crippen LogP contribution in [0.2, 0.25) is 0 Å². The highest BCUT2D eigenvalue weighted by molar-refractivity contribution is 5.73. The largest absolute Gasteiger partial charge is 0.507 e. The van der Waals surface area contributed by atoms with Crippen molar-refractivity contribution in [1.29, 1.82) is 0 Å². The maximum Gasteiger partial charge on any atom is 0.217 e. The van der Waals surface area contributed by atoms with Crippen LogP contribution in [0.25, 0.3) is 0 Å². The van der Waals surface area contributed by atoms with Gasteiger partial charge in [-0.1, -0.05) is 11.8 Å². The fourth-order valence-corrected chi connectivity index (χ4v) is 1.05. The summed E-state index contributed by atoms with van der Waals surface area (Å²) in [6.45, 7) is 1.69. The molecular weight excluding hydrogens is 206 g/mol. The van der Waals surface area contributed by atoms with Gasteiger partial charge in [0.25, 0.3) is 0 Å². The maximum absolute atomic E-state index is 10.6. The van der Waals surface area contributed by atoms with Crippen LogP contribution in [0.3, 0.4) is 0 Å². The molecule has 0 unspecified atom stereocenters. The second-order valence-electron chi connectivity index (χ2n) is 3.09. The van der Waals surface area contributed by atoms with Crippen molar-refractivity contribution >= 4 is 5.91 Å². The number of amides is 1. The highest BCUT2D eigenvalue weighted by Gasteiger charge is 1.99. The number of phenols is 1. The number of carbonyl (C=O) groups is 1. The Morgan fingerprint density at radius 3 is 2.88 bits per heavy atom. The van der Waals surface area contributed by atoms with Crippen LogP contribution < -0.4 is 10.1 Å². The Hall–Kier alpha value is -2.15. The maximum atomic E-state index is 10.6. The molecule has 0 saturated carbocycles. The lowest BCUT2D eigenvalue weighted by Crippen LogP contribution is -2.19. The lowest BCUT2D eigenvalue weighted by Gasteiger charge is -2.01. The summed E-state index contributed by atoms with van der Waals surface area (Å²) in [7, 11) is 1.52. The number of benzene rings is 1. The molecule has 1 rings (SSSR count). The first-order chi connectivity index (χ1) is 7.63. The van der Waals surface area contributed by atoms with E-state index in [1.54, 1.807) is 12.1 Å². The molecule has 0 fully saturated rings. The molecule has 4 nitrogen and oxygen atoms in total. The molecule has 0 aromatic heterocycles. The van der Waals surface area contributed by atoms with Crippen molar-refractivity contribution in [2.75, 3.05) is 13.7 Å². The van der Waals surface area contributed by atoms with Gasteiger partial charge in [-0.15, -0.1) is 0 Å². The Labute approximate surface area is 94.2 Å². The average Bonchev–Trinajstić information content (AvgIpc) is 2.25. The number of phenolic OH excluding ortho intramolecular Hbond substituents is 1. The van der Waals surface area contributed by atoms with Crippen LogP contribution in [0.15, 0.2) is 18.2 Å². The predicted octanol–water partition coefficient (Wildman–Crippen LogP) is 0.888. The van der Waals surface area contributed by atoms with Gasteiger partial charge in [-0.05, 0) is 12.1 Å². The van der Waals surface area contributed by atoms with Crippen molar-refractivity contribution in [2.24, 2.45) is 0 Å². The summed E-state index contributed by atoms with van der Waals surface area (Å²) in [6, 6.07) is 4.86. The number of rotatable bonds is 2. The first-order valence-electron chi connectivity index (χ1n) is 4.74. The van der Waals surface area contributed by atoms with Crippen molar-refractivity contribution in [1.82, 2.24) is 5.32 Å². The molecule has 2 N–H and O–H groups in total. The molecule has 0 heterocycles. The summed E-state index contributed by atoms with van der Waals surface area (Å²) in [5, 5.41) is 12.1. The Balaban J connectivity index is 2.70. The van der Waals surface area contributed by atoms with Crippen molar-refractivity contribution < 1.29 is 14.6 Å². The molecule has 1 aromatic carbocycles. The molecule has 0 aliphatic heterocycles. The molecule has 16 heavy (non-hydrogen) atoms. The van der Waals surface area contributed by atoms with Gasteiger partial charge in [-0.3, -0.25) is 4.79 Å². The van der Waals surface area contributed by atoms with Crippen molar-refractivity contribution in [2.45, 2.75) is 6.92 Å². The molecule has 0 radical (unpaired) electrons. The lowest BCUT2D eigenvalue weighted by atomic mass is 10.2. The van der Waals surface area contributed by atoms with E-state index in [0.717, 1.165) is 0 Å². The van der Waals surface area contributed by atoms with Crippen molar-refractivity contribution in [3.63, 3.8) is 0 Å². The Bertz CT molecular complexity index is 443. The van der Waals surface area contributed by atoms with E-state index in [1.807, 2.05) is 0 Å². The monoisotopic (exact) mass is 219 g/mol. The lowest BCUT2D eigenvalue weighted by molar-refractivity contribution is -0.118. The summed E-state index contributed by atoms with van der Waals surface area (Å²) < 4.78 is 4.94. The van der Waals surface area contributed by atoms with E-state index < -0.39 is 0 Å². The highest BCUT2D eigenvalue weighted by atomic mass is 16.5. The van der Waals surface area contributed by atoms with Gasteiger partial charge in [-0.25, -0.2) is 0 Å². The first kappa shape index (κ1) is 11.9. The van der Waals surface area contributed by atoms with Crippen LogP contribution in [-0.4, -0.2) is 24.7 Å². The molecule has 0 aliphatic carbocycles. The first-order valence-corrected chi connectivity index (χ1v) is 4.74. The molecule has 1 amide bonds. The minimum absolute atomic E-state index is 0.0645. The van der Waals surface area contributed by atoms with E-state index in [4.69, 9.17) is 4.74 Å². The van der Waals surface area contributed by atoms with Gasteiger partial charge in [0.1, 0.15) is 11.5 Å². The average molecular weight is 219 g/mol. The van der Waals surface area contributed by atoms with Gasteiger partial charge in [0.05, 0.1) is 19.2 Å². The zero-order valence-electron chi connectivity index (χ0n) is 9.20. The third-order valence-corrected chi connectivity index (χ3v) is 1.85. The molecule has 0 saturated heterocycles. The van der Waals surface area contributed by atoms with Crippen molar-refractivity contribution in [3.8, 4) is 23.3 Å². The molecule has 0 bridgehead atoms. The van der Waals surface area contributed by atoms with Gasteiger partial charge in [-0.2, -0.15) is 0 Å². The number of carbonyl (C=O) groups excluding carboxylic acids is 1. The second kappa shape index (κ2) is 5.66. The summed E-state index contributed by atoms with van der Waals surface area (Å²) in [5.74, 6) is 5.99. The van der Waals surface area contributed by atoms with E-state index >= 15 is 0 Å². The number of aromatic hydroxyl groups is 1. The second-order valence-corrected chi connectivity index (χ2v) is 3.09. The molecule has 0 spiro atoms. The Kier molecular flexibility index (Phi) is 4.22. The Morgan fingerprint density at radius 1 is 1.56 bits per heavy atom. The van der Waals surface area contributed by atoms with Crippen LogP contribution in [0.4, 0.5) is 0 Å². The molecular formula is C12H13NO3. The van der Waals surface area contributed by atoms with E-state index in [1.165, 1.54) is 20.1 Å². The summed E-state index contributed by atoms with van der Waals surface area (Å²) >= 11 is 0. The third-order valence-electron chi connectivity index (χ3n) is 1.85. The summed E-state index contributed by atoms with van der Waals surface area (Å²) in [5.41, 5.74) is 0.506. The predicted molar refractivity (Wildman–Crippen MR) is 60.2 cm³/mol. The molecule has 84 valence electrons.